The van der Waals surface area contributed by atoms with Crippen molar-refractivity contribution < 1.29 is 4.79 Å². The first kappa shape index (κ1) is 15.1. The molecule has 0 aromatic rings. The SMILES string of the molecule is CCN=C(N)N1CCN(C(C)C(=O)N2CCCC2)CC1. The summed E-state index contributed by atoms with van der Waals surface area (Å²) < 4.78 is 0. The second-order valence-corrected chi connectivity index (χ2v) is 5.56. The summed E-state index contributed by atoms with van der Waals surface area (Å²) in [5, 5.41) is 0. The van der Waals surface area contributed by atoms with Gasteiger partial charge in [-0.2, -0.15) is 0 Å². The van der Waals surface area contributed by atoms with E-state index in [1.54, 1.807) is 0 Å². The van der Waals surface area contributed by atoms with Crippen molar-refractivity contribution in [1.29, 1.82) is 0 Å². The van der Waals surface area contributed by atoms with Crippen molar-refractivity contribution in [3.63, 3.8) is 0 Å². The second-order valence-electron chi connectivity index (χ2n) is 5.56. The van der Waals surface area contributed by atoms with E-state index >= 15 is 0 Å². The summed E-state index contributed by atoms with van der Waals surface area (Å²) in [4.78, 5) is 23.0. The van der Waals surface area contributed by atoms with E-state index in [0.717, 1.165) is 58.7 Å². The van der Waals surface area contributed by atoms with Gasteiger partial charge in [-0.3, -0.25) is 14.7 Å². The molecule has 2 aliphatic heterocycles. The van der Waals surface area contributed by atoms with Crippen LogP contribution in [0.15, 0.2) is 4.99 Å². The fraction of sp³-hybridized carbons (Fsp3) is 0.857. The first-order valence-electron chi connectivity index (χ1n) is 7.71. The molecule has 2 aliphatic rings. The van der Waals surface area contributed by atoms with Crippen LogP contribution in [-0.2, 0) is 4.79 Å². The largest absolute Gasteiger partial charge is 0.370 e. The summed E-state index contributed by atoms with van der Waals surface area (Å²) >= 11 is 0. The molecule has 2 heterocycles. The van der Waals surface area contributed by atoms with Gasteiger partial charge in [-0.15, -0.1) is 0 Å². The Morgan fingerprint density at radius 2 is 1.70 bits per heavy atom. The molecule has 2 fully saturated rings. The molecule has 0 aromatic carbocycles. The number of hydrogen-bond donors (Lipinski definition) is 1. The van der Waals surface area contributed by atoms with Gasteiger partial charge in [0.2, 0.25) is 5.91 Å². The van der Waals surface area contributed by atoms with Gasteiger partial charge in [0.25, 0.3) is 0 Å². The van der Waals surface area contributed by atoms with Crippen molar-refractivity contribution in [1.82, 2.24) is 14.7 Å². The molecule has 1 amide bonds. The van der Waals surface area contributed by atoms with Crippen molar-refractivity contribution in [3.8, 4) is 0 Å². The molecule has 20 heavy (non-hydrogen) atoms. The number of guanidine groups is 1. The summed E-state index contributed by atoms with van der Waals surface area (Å²) in [6.45, 7) is 10.1. The molecule has 2 saturated heterocycles. The number of nitrogens with zero attached hydrogens (tertiary/aromatic N) is 4. The molecule has 0 aliphatic carbocycles. The first-order valence-corrected chi connectivity index (χ1v) is 7.71. The van der Waals surface area contributed by atoms with Gasteiger partial charge in [0.15, 0.2) is 5.96 Å². The minimum atomic E-state index is -0.0143. The molecule has 0 saturated carbocycles. The molecule has 2 N–H and O–H groups in total. The standard InChI is InChI=1S/C14H27N5O/c1-3-16-14(15)19-10-8-17(9-11-19)12(2)13(20)18-6-4-5-7-18/h12H,3-11H2,1-2H3,(H2,15,16). The number of hydrogen-bond acceptors (Lipinski definition) is 3. The van der Waals surface area contributed by atoms with Crippen molar-refractivity contribution in [2.24, 2.45) is 10.7 Å². The highest BCUT2D eigenvalue weighted by molar-refractivity contribution is 5.82. The predicted octanol–water partition coefficient (Wildman–Crippen LogP) is -0.0505. The first-order chi connectivity index (χ1) is 9.63. The summed E-state index contributed by atoms with van der Waals surface area (Å²) in [7, 11) is 0. The number of carbonyl (C=O) groups excluding carboxylic acids is 1. The van der Waals surface area contributed by atoms with Crippen LogP contribution in [0.2, 0.25) is 0 Å². The zero-order chi connectivity index (χ0) is 14.5. The minimum absolute atomic E-state index is 0.0143. The molecule has 2 rings (SSSR count). The van der Waals surface area contributed by atoms with Crippen LogP contribution in [-0.4, -0.2) is 78.4 Å². The fourth-order valence-corrected chi connectivity index (χ4v) is 2.96. The third-order valence-electron chi connectivity index (χ3n) is 4.28. The van der Waals surface area contributed by atoms with Gasteiger partial charge in [-0.05, 0) is 26.7 Å². The number of rotatable bonds is 3. The molecule has 114 valence electrons. The highest BCUT2D eigenvalue weighted by Crippen LogP contribution is 2.13. The highest BCUT2D eigenvalue weighted by atomic mass is 16.2. The number of amides is 1. The van der Waals surface area contributed by atoms with Crippen molar-refractivity contribution in [2.45, 2.75) is 32.7 Å². The van der Waals surface area contributed by atoms with Gasteiger partial charge in [-0.1, -0.05) is 0 Å². The van der Waals surface area contributed by atoms with E-state index in [2.05, 4.69) is 14.8 Å². The lowest BCUT2D eigenvalue weighted by Gasteiger charge is -2.38. The zero-order valence-corrected chi connectivity index (χ0v) is 12.7. The van der Waals surface area contributed by atoms with Crippen LogP contribution in [0.4, 0.5) is 0 Å². The van der Waals surface area contributed by atoms with Gasteiger partial charge in [-0.25, -0.2) is 0 Å². The number of nitrogens with two attached hydrogens (primary N) is 1. The summed E-state index contributed by atoms with van der Waals surface area (Å²) in [6.07, 6.45) is 2.30. The molecule has 6 nitrogen and oxygen atoms in total. The Bertz CT molecular complexity index is 357. The lowest BCUT2D eigenvalue weighted by Crippen LogP contribution is -2.56. The van der Waals surface area contributed by atoms with Crippen LogP contribution >= 0.6 is 0 Å². The minimum Gasteiger partial charge on any atom is -0.370 e. The maximum atomic E-state index is 12.4. The van der Waals surface area contributed by atoms with E-state index in [1.165, 1.54) is 0 Å². The maximum Gasteiger partial charge on any atom is 0.239 e. The lowest BCUT2D eigenvalue weighted by atomic mass is 10.2. The molecule has 6 heteroatoms. The Hall–Kier alpha value is -1.30. The highest BCUT2D eigenvalue weighted by Gasteiger charge is 2.30. The van der Waals surface area contributed by atoms with E-state index in [-0.39, 0.29) is 11.9 Å². The van der Waals surface area contributed by atoms with Crippen LogP contribution in [0.3, 0.4) is 0 Å². The van der Waals surface area contributed by atoms with Crippen LogP contribution < -0.4 is 5.73 Å². The van der Waals surface area contributed by atoms with E-state index in [0.29, 0.717) is 5.96 Å². The Labute approximate surface area is 121 Å². The molecular formula is C14H27N5O. The molecule has 0 aromatic heterocycles. The van der Waals surface area contributed by atoms with Crippen LogP contribution in [0.1, 0.15) is 26.7 Å². The third-order valence-corrected chi connectivity index (χ3v) is 4.28. The molecule has 1 atom stereocenters. The Kier molecular flexibility index (Phi) is 5.23. The van der Waals surface area contributed by atoms with Gasteiger partial charge in [0, 0.05) is 45.8 Å². The van der Waals surface area contributed by atoms with E-state index in [1.807, 2.05) is 18.7 Å². The molecule has 0 bridgehead atoms. The molecule has 0 radical (unpaired) electrons. The molecule has 1 unspecified atom stereocenters. The average Bonchev–Trinajstić information content (AvgIpc) is 3.00. The van der Waals surface area contributed by atoms with Crippen LogP contribution in [0.5, 0.6) is 0 Å². The summed E-state index contributed by atoms with van der Waals surface area (Å²) in [5.41, 5.74) is 5.92. The number of likely N-dealkylation sites (tertiary alicyclic amines) is 1. The molecule has 0 spiro atoms. The van der Waals surface area contributed by atoms with Crippen LogP contribution in [0, 0.1) is 0 Å². The smallest absolute Gasteiger partial charge is 0.239 e. The van der Waals surface area contributed by atoms with E-state index in [9.17, 15) is 4.79 Å². The quantitative estimate of drug-likeness (QED) is 0.582. The monoisotopic (exact) mass is 281 g/mol. The number of aliphatic imine (C=N–C) groups is 1. The Balaban J connectivity index is 1.83. The average molecular weight is 281 g/mol. The topological polar surface area (TPSA) is 65.2 Å². The predicted molar refractivity (Wildman–Crippen MR) is 80.6 cm³/mol. The normalized spacial score (nSPS) is 23.2. The van der Waals surface area contributed by atoms with Gasteiger partial charge in [0.1, 0.15) is 0 Å². The summed E-state index contributed by atoms with van der Waals surface area (Å²) in [6, 6.07) is -0.0143. The van der Waals surface area contributed by atoms with Crippen molar-refractivity contribution in [2.75, 3.05) is 45.8 Å². The molecular weight excluding hydrogens is 254 g/mol. The van der Waals surface area contributed by atoms with Gasteiger partial charge in [0.05, 0.1) is 6.04 Å². The zero-order valence-electron chi connectivity index (χ0n) is 12.7. The number of carbonyl (C=O) groups is 1. The van der Waals surface area contributed by atoms with Crippen LogP contribution in [0.25, 0.3) is 0 Å². The fourth-order valence-electron chi connectivity index (χ4n) is 2.96. The number of piperazine rings is 1. The maximum absolute atomic E-state index is 12.4. The van der Waals surface area contributed by atoms with E-state index < -0.39 is 0 Å². The second kappa shape index (κ2) is 6.92. The summed E-state index contributed by atoms with van der Waals surface area (Å²) in [5.74, 6) is 0.914. The van der Waals surface area contributed by atoms with Gasteiger partial charge >= 0.3 is 0 Å². The van der Waals surface area contributed by atoms with Crippen molar-refractivity contribution in [3.05, 3.63) is 0 Å². The Morgan fingerprint density at radius 3 is 2.25 bits per heavy atom. The van der Waals surface area contributed by atoms with E-state index in [4.69, 9.17) is 5.73 Å². The van der Waals surface area contributed by atoms with Gasteiger partial charge < -0.3 is 15.5 Å². The lowest BCUT2D eigenvalue weighted by molar-refractivity contribution is -0.135. The third kappa shape index (κ3) is 3.42. The Morgan fingerprint density at radius 1 is 1.10 bits per heavy atom. The van der Waals surface area contributed by atoms with Crippen molar-refractivity contribution >= 4 is 11.9 Å².